The second-order valence-electron chi connectivity index (χ2n) is 9.80. The molecular weight excluding hydrogens is 514 g/mol. The lowest BCUT2D eigenvalue weighted by Gasteiger charge is -2.52. The van der Waals surface area contributed by atoms with Gasteiger partial charge in [0.2, 0.25) is 0 Å². The molecule has 4 aliphatic carbocycles. The summed E-state index contributed by atoms with van der Waals surface area (Å²) >= 11 is 15.0. The summed E-state index contributed by atoms with van der Waals surface area (Å²) in [5.74, 6) is 0. The Morgan fingerprint density at radius 1 is 0.655 bits per heavy atom. The minimum atomic E-state index is -0.202. The van der Waals surface area contributed by atoms with Crippen LogP contribution in [-0.2, 0) is 0 Å². The van der Waals surface area contributed by atoms with Gasteiger partial charge in [0.25, 0.3) is 0 Å². The molecule has 0 spiro atoms. The fourth-order valence-corrected chi connectivity index (χ4v) is 8.95. The zero-order valence-corrected chi connectivity index (χ0v) is 21.2. The van der Waals surface area contributed by atoms with E-state index >= 15 is 0 Å². The summed E-state index contributed by atoms with van der Waals surface area (Å²) in [6.07, 6.45) is 18.5. The lowest BCUT2D eigenvalue weighted by molar-refractivity contribution is 0.167. The van der Waals surface area contributed by atoms with Crippen LogP contribution in [0.4, 0.5) is 0 Å². The Kier molecular flexibility index (Phi) is 6.57. The molecule has 0 atom stereocenters. The van der Waals surface area contributed by atoms with Gasteiger partial charge < -0.3 is 0 Å². The lowest BCUT2D eigenvalue weighted by Crippen LogP contribution is -2.54. The fraction of sp³-hybridized carbons (Fsp3) is 0.870. The topological polar surface area (TPSA) is 48.5 Å². The number of rotatable bonds is 3. The molecule has 4 aliphatic rings. The summed E-state index contributed by atoms with van der Waals surface area (Å²) in [6.45, 7) is 0. The van der Waals surface area contributed by atoms with E-state index in [9.17, 15) is 5.26 Å². The maximum atomic E-state index is 10.0. The maximum absolute atomic E-state index is 10.0. The number of hydrogen-bond acceptors (Lipinski definition) is 3. The Labute approximate surface area is 197 Å². The first kappa shape index (κ1) is 22.3. The SMILES string of the molecule is N#CC(=NC12CCCCC1(Br)CCCC2)C(Cl)=NC12CCCCC1(Br)CCCC2. The summed E-state index contributed by atoms with van der Waals surface area (Å²) < 4.78 is 0.0489. The van der Waals surface area contributed by atoms with Crippen LogP contribution in [0.15, 0.2) is 9.98 Å². The van der Waals surface area contributed by atoms with E-state index in [1.165, 1.54) is 51.4 Å². The Morgan fingerprint density at radius 2 is 1.00 bits per heavy atom. The Morgan fingerprint density at radius 3 is 1.38 bits per heavy atom. The van der Waals surface area contributed by atoms with Crippen molar-refractivity contribution >= 4 is 54.3 Å². The second-order valence-corrected chi connectivity index (χ2v) is 13.2. The summed E-state index contributed by atoms with van der Waals surface area (Å²) in [4.78, 5) is 10.3. The van der Waals surface area contributed by atoms with Gasteiger partial charge in [-0.2, -0.15) is 5.26 Å². The van der Waals surface area contributed by atoms with Gasteiger partial charge >= 0.3 is 0 Å². The zero-order chi connectivity index (χ0) is 20.6. The van der Waals surface area contributed by atoms with Gasteiger partial charge in [0.05, 0.1) is 19.7 Å². The fourth-order valence-electron chi connectivity index (χ4n) is 6.61. The van der Waals surface area contributed by atoms with Crippen molar-refractivity contribution in [1.29, 1.82) is 5.26 Å². The molecule has 0 amide bonds. The predicted octanol–water partition coefficient (Wildman–Crippen LogP) is 7.63. The van der Waals surface area contributed by atoms with Crippen LogP contribution in [0.25, 0.3) is 0 Å². The molecule has 0 saturated heterocycles. The standard InChI is InChI=1S/C23H32Br2ClN3/c24-20-9-1-5-13-22(20,14-6-2-10-20)28-18(17-27)19(26)29-23-15-7-3-11-21(23,25)12-4-8-16-23/h1-16H2. The van der Waals surface area contributed by atoms with Crippen molar-refractivity contribution in [3.05, 3.63) is 0 Å². The number of alkyl halides is 2. The van der Waals surface area contributed by atoms with Gasteiger partial charge in [0.1, 0.15) is 6.07 Å². The van der Waals surface area contributed by atoms with Crippen molar-refractivity contribution in [1.82, 2.24) is 0 Å². The molecule has 0 N–H and O–H groups in total. The predicted molar refractivity (Wildman–Crippen MR) is 129 cm³/mol. The van der Waals surface area contributed by atoms with Crippen LogP contribution in [0.1, 0.15) is 103 Å². The first-order valence-corrected chi connectivity index (χ1v) is 13.5. The Bertz CT molecular complexity index is 715. The van der Waals surface area contributed by atoms with Gasteiger partial charge in [-0.1, -0.05) is 94.8 Å². The average molecular weight is 546 g/mol. The van der Waals surface area contributed by atoms with Crippen LogP contribution >= 0.6 is 43.5 Å². The molecule has 0 unspecified atom stereocenters. The van der Waals surface area contributed by atoms with Crippen LogP contribution in [0.2, 0.25) is 0 Å². The third kappa shape index (κ3) is 3.89. The molecule has 0 aliphatic heterocycles. The van der Waals surface area contributed by atoms with Gasteiger partial charge in [-0.05, 0) is 51.4 Å². The summed E-state index contributed by atoms with van der Waals surface area (Å²) in [6, 6.07) is 2.34. The van der Waals surface area contributed by atoms with Gasteiger partial charge in [-0.25, -0.2) is 0 Å². The Hall–Kier alpha value is 0.0800. The highest BCUT2D eigenvalue weighted by atomic mass is 79.9. The minimum absolute atomic E-state index is 0.0168. The van der Waals surface area contributed by atoms with E-state index in [4.69, 9.17) is 21.6 Å². The average Bonchev–Trinajstić information content (AvgIpc) is 2.72. The molecular formula is C23H32Br2ClN3. The van der Waals surface area contributed by atoms with E-state index < -0.39 is 0 Å². The van der Waals surface area contributed by atoms with Crippen molar-refractivity contribution in [2.45, 2.75) is 122 Å². The van der Waals surface area contributed by atoms with E-state index in [0.29, 0.717) is 10.9 Å². The minimum Gasteiger partial charge on any atom is -0.263 e. The highest BCUT2D eigenvalue weighted by Gasteiger charge is 2.54. The van der Waals surface area contributed by atoms with Gasteiger partial charge in [0, 0.05) is 0 Å². The molecule has 0 radical (unpaired) electrons. The number of hydrogen-bond donors (Lipinski definition) is 0. The lowest BCUT2D eigenvalue weighted by atomic mass is 9.65. The quantitative estimate of drug-likeness (QED) is 0.266. The van der Waals surface area contributed by atoms with Gasteiger partial charge in [0.15, 0.2) is 10.9 Å². The first-order valence-electron chi connectivity index (χ1n) is 11.5. The molecule has 4 fully saturated rings. The highest BCUT2D eigenvalue weighted by molar-refractivity contribution is 9.10. The van der Waals surface area contributed by atoms with Crippen molar-refractivity contribution in [2.75, 3.05) is 0 Å². The monoisotopic (exact) mass is 543 g/mol. The summed E-state index contributed by atoms with van der Waals surface area (Å²) in [5, 5.41) is 10.4. The van der Waals surface area contributed by atoms with E-state index in [-0.39, 0.29) is 19.7 Å². The van der Waals surface area contributed by atoms with Crippen LogP contribution in [0.5, 0.6) is 0 Å². The van der Waals surface area contributed by atoms with Crippen LogP contribution in [0, 0.1) is 11.3 Å². The van der Waals surface area contributed by atoms with E-state index in [0.717, 1.165) is 51.4 Å². The summed E-state index contributed by atoms with van der Waals surface area (Å²) in [5.41, 5.74) is -0.0211. The molecule has 160 valence electrons. The molecule has 3 nitrogen and oxygen atoms in total. The number of halogens is 3. The molecule has 4 rings (SSSR count). The van der Waals surface area contributed by atoms with Crippen LogP contribution in [-0.4, -0.2) is 30.6 Å². The molecule has 0 heterocycles. The van der Waals surface area contributed by atoms with Crippen LogP contribution in [0.3, 0.4) is 0 Å². The molecule has 4 saturated carbocycles. The van der Waals surface area contributed by atoms with E-state index in [1.807, 2.05) is 0 Å². The largest absolute Gasteiger partial charge is 0.263 e. The van der Waals surface area contributed by atoms with Crippen molar-refractivity contribution < 1.29 is 0 Å². The third-order valence-corrected chi connectivity index (χ3v) is 11.6. The Balaban J connectivity index is 1.71. The van der Waals surface area contributed by atoms with E-state index in [1.54, 1.807) is 0 Å². The maximum Gasteiger partial charge on any atom is 0.173 e. The molecule has 6 heteroatoms. The van der Waals surface area contributed by atoms with E-state index in [2.05, 4.69) is 37.9 Å². The molecule has 29 heavy (non-hydrogen) atoms. The second kappa shape index (κ2) is 8.55. The van der Waals surface area contributed by atoms with Crippen LogP contribution < -0.4 is 0 Å². The normalized spacial score (nSPS) is 43.8. The van der Waals surface area contributed by atoms with Crippen molar-refractivity contribution in [3.63, 3.8) is 0 Å². The number of aliphatic imine (C=N–C) groups is 2. The summed E-state index contributed by atoms with van der Waals surface area (Å²) in [7, 11) is 0. The highest BCUT2D eigenvalue weighted by Crippen LogP contribution is 2.56. The van der Waals surface area contributed by atoms with Gasteiger partial charge in [-0.3, -0.25) is 9.98 Å². The number of fused-ring (bicyclic) bond motifs is 2. The van der Waals surface area contributed by atoms with Crippen molar-refractivity contribution in [3.8, 4) is 6.07 Å². The number of nitriles is 1. The smallest absolute Gasteiger partial charge is 0.173 e. The first-order chi connectivity index (χ1) is 13.9. The molecule has 0 bridgehead atoms. The molecule has 0 aromatic carbocycles. The van der Waals surface area contributed by atoms with Crippen molar-refractivity contribution in [2.24, 2.45) is 9.98 Å². The van der Waals surface area contributed by atoms with Gasteiger partial charge in [-0.15, -0.1) is 0 Å². The number of nitrogens with zero attached hydrogens (tertiary/aromatic N) is 3. The zero-order valence-electron chi connectivity index (χ0n) is 17.3. The third-order valence-electron chi connectivity index (χ3n) is 8.26. The molecule has 0 aromatic heterocycles. The molecule has 0 aromatic rings.